The lowest BCUT2D eigenvalue weighted by atomic mass is 10.1. The maximum Gasteiger partial charge on any atom is 0.123 e. The summed E-state index contributed by atoms with van der Waals surface area (Å²) in [5.41, 5.74) is 1.99. The number of halogens is 1. The Morgan fingerprint density at radius 3 is 2.80 bits per heavy atom. The average Bonchev–Trinajstić information content (AvgIpc) is 2.83. The number of anilines is 1. The smallest absolute Gasteiger partial charge is 0.123 e. The molecule has 2 N–H and O–H groups in total. The van der Waals surface area contributed by atoms with Gasteiger partial charge in [-0.1, -0.05) is 0 Å². The minimum Gasteiger partial charge on any atom is -0.394 e. The van der Waals surface area contributed by atoms with Gasteiger partial charge in [-0.2, -0.15) is 0 Å². The van der Waals surface area contributed by atoms with Crippen LogP contribution in [-0.2, 0) is 6.54 Å². The average molecular weight is 280 g/mol. The Bertz CT molecular complexity index is 456. The highest BCUT2D eigenvalue weighted by molar-refractivity contribution is 5.55. The zero-order valence-corrected chi connectivity index (χ0v) is 12.6. The van der Waals surface area contributed by atoms with E-state index in [4.69, 9.17) is 0 Å². The number of aliphatic hydroxyl groups excluding tert-OH is 1. The van der Waals surface area contributed by atoms with Crippen LogP contribution in [0.25, 0.3) is 0 Å². The van der Waals surface area contributed by atoms with Crippen molar-refractivity contribution in [2.24, 2.45) is 0 Å². The van der Waals surface area contributed by atoms with Crippen LogP contribution in [0.2, 0.25) is 0 Å². The second-order valence-electron chi connectivity index (χ2n) is 6.55. The molecule has 20 heavy (non-hydrogen) atoms. The molecule has 0 saturated carbocycles. The minimum atomic E-state index is -0.209. The molecule has 2 rings (SSSR count). The summed E-state index contributed by atoms with van der Waals surface area (Å²) in [4.78, 5) is 2.21. The van der Waals surface area contributed by atoms with Crippen molar-refractivity contribution in [3.8, 4) is 0 Å². The first-order valence-electron chi connectivity index (χ1n) is 7.31. The van der Waals surface area contributed by atoms with Crippen molar-refractivity contribution in [1.29, 1.82) is 0 Å². The summed E-state index contributed by atoms with van der Waals surface area (Å²) >= 11 is 0. The third-order valence-corrected chi connectivity index (χ3v) is 3.75. The fraction of sp³-hybridized carbons (Fsp3) is 0.625. The van der Waals surface area contributed by atoms with Crippen molar-refractivity contribution in [2.75, 3.05) is 18.1 Å². The van der Waals surface area contributed by atoms with Gasteiger partial charge >= 0.3 is 0 Å². The van der Waals surface area contributed by atoms with Crippen LogP contribution >= 0.6 is 0 Å². The lowest BCUT2D eigenvalue weighted by Crippen LogP contribution is -2.37. The fourth-order valence-corrected chi connectivity index (χ4v) is 2.68. The van der Waals surface area contributed by atoms with Crippen LogP contribution in [0.15, 0.2) is 18.2 Å². The van der Waals surface area contributed by atoms with E-state index >= 15 is 0 Å². The summed E-state index contributed by atoms with van der Waals surface area (Å²) in [6.07, 6.45) is 2.08. The van der Waals surface area contributed by atoms with Crippen LogP contribution < -0.4 is 10.2 Å². The van der Waals surface area contributed by atoms with Crippen LogP contribution in [0.5, 0.6) is 0 Å². The lowest BCUT2D eigenvalue weighted by Gasteiger charge is -2.29. The highest BCUT2D eigenvalue weighted by Crippen LogP contribution is 2.29. The Kier molecular flexibility index (Phi) is 4.66. The third-order valence-electron chi connectivity index (χ3n) is 3.75. The van der Waals surface area contributed by atoms with E-state index < -0.39 is 0 Å². The van der Waals surface area contributed by atoms with E-state index in [1.165, 1.54) is 6.07 Å². The molecule has 4 heteroatoms. The molecule has 1 atom stereocenters. The molecule has 1 aliphatic rings. The monoisotopic (exact) mass is 280 g/mol. The van der Waals surface area contributed by atoms with Crippen molar-refractivity contribution in [3.05, 3.63) is 29.6 Å². The second-order valence-corrected chi connectivity index (χ2v) is 6.55. The van der Waals surface area contributed by atoms with E-state index in [-0.39, 0.29) is 24.0 Å². The molecular formula is C16H25FN2O. The molecule has 1 unspecified atom stereocenters. The molecule has 0 bridgehead atoms. The molecule has 0 aromatic heterocycles. The Labute approximate surface area is 120 Å². The Morgan fingerprint density at radius 2 is 2.15 bits per heavy atom. The highest BCUT2D eigenvalue weighted by atomic mass is 19.1. The van der Waals surface area contributed by atoms with Crippen LogP contribution in [-0.4, -0.2) is 29.8 Å². The summed E-state index contributed by atoms with van der Waals surface area (Å²) in [6, 6.07) is 5.10. The molecule has 1 aromatic carbocycles. The van der Waals surface area contributed by atoms with Gasteiger partial charge in [0.1, 0.15) is 5.82 Å². The van der Waals surface area contributed by atoms with Crippen molar-refractivity contribution in [1.82, 2.24) is 5.32 Å². The maximum absolute atomic E-state index is 13.5. The van der Waals surface area contributed by atoms with E-state index in [2.05, 4.69) is 31.0 Å². The molecule has 1 fully saturated rings. The van der Waals surface area contributed by atoms with Gasteiger partial charge in [-0.05, 0) is 57.4 Å². The Morgan fingerprint density at radius 1 is 1.40 bits per heavy atom. The first kappa shape index (κ1) is 15.3. The largest absolute Gasteiger partial charge is 0.394 e. The third kappa shape index (κ3) is 3.70. The van der Waals surface area contributed by atoms with Gasteiger partial charge in [0.15, 0.2) is 0 Å². The molecule has 1 saturated heterocycles. The SMILES string of the molecule is CC(C)(C)NCc1cc(F)ccc1N1CCCC1CO. The molecule has 0 aliphatic carbocycles. The van der Waals surface area contributed by atoms with Gasteiger partial charge in [0.25, 0.3) is 0 Å². The maximum atomic E-state index is 13.5. The Hall–Kier alpha value is -1.13. The first-order chi connectivity index (χ1) is 9.40. The van der Waals surface area contributed by atoms with Crippen molar-refractivity contribution >= 4 is 5.69 Å². The molecule has 0 amide bonds. The van der Waals surface area contributed by atoms with Gasteiger partial charge in [0.05, 0.1) is 12.6 Å². The topological polar surface area (TPSA) is 35.5 Å². The first-order valence-corrected chi connectivity index (χ1v) is 7.31. The predicted molar refractivity (Wildman–Crippen MR) is 80.4 cm³/mol. The summed E-state index contributed by atoms with van der Waals surface area (Å²) < 4.78 is 13.5. The molecule has 1 aliphatic heterocycles. The zero-order chi connectivity index (χ0) is 14.8. The summed E-state index contributed by atoms with van der Waals surface area (Å²) in [7, 11) is 0. The summed E-state index contributed by atoms with van der Waals surface area (Å²) in [5, 5.41) is 12.9. The zero-order valence-electron chi connectivity index (χ0n) is 12.6. The fourth-order valence-electron chi connectivity index (χ4n) is 2.68. The molecule has 0 spiro atoms. The number of rotatable bonds is 4. The van der Waals surface area contributed by atoms with Gasteiger partial charge in [-0.25, -0.2) is 4.39 Å². The number of hydrogen-bond acceptors (Lipinski definition) is 3. The van der Waals surface area contributed by atoms with Crippen LogP contribution in [0, 0.1) is 5.82 Å². The second kappa shape index (κ2) is 6.10. The number of nitrogens with zero attached hydrogens (tertiary/aromatic N) is 1. The van der Waals surface area contributed by atoms with Crippen LogP contribution in [0.3, 0.4) is 0 Å². The molecule has 112 valence electrons. The lowest BCUT2D eigenvalue weighted by molar-refractivity contribution is 0.266. The van der Waals surface area contributed by atoms with Gasteiger partial charge in [-0.15, -0.1) is 0 Å². The van der Waals surface area contributed by atoms with E-state index in [1.807, 2.05) is 6.07 Å². The van der Waals surface area contributed by atoms with Gasteiger partial charge in [0.2, 0.25) is 0 Å². The summed E-state index contributed by atoms with van der Waals surface area (Å²) in [5.74, 6) is -0.209. The molecule has 3 nitrogen and oxygen atoms in total. The highest BCUT2D eigenvalue weighted by Gasteiger charge is 2.26. The standard InChI is InChI=1S/C16H25FN2O/c1-16(2,3)18-10-12-9-13(17)6-7-15(12)19-8-4-5-14(19)11-20/h6-7,9,14,18,20H,4-5,8,10-11H2,1-3H3. The van der Waals surface area contributed by atoms with Crippen molar-refractivity contribution in [3.63, 3.8) is 0 Å². The van der Waals surface area contributed by atoms with Gasteiger partial charge < -0.3 is 15.3 Å². The van der Waals surface area contributed by atoms with Crippen LogP contribution in [0.1, 0.15) is 39.2 Å². The Balaban J connectivity index is 2.23. The van der Waals surface area contributed by atoms with Crippen LogP contribution in [0.4, 0.5) is 10.1 Å². The minimum absolute atomic E-state index is 0.00895. The van der Waals surface area contributed by atoms with E-state index in [0.29, 0.717) is 6.54 Å². The van der Waals surface area contributed by atoms with E-state index in [9.17, 15) is 9.50 Å². The number of aliphatic hydroxyl groups is 1. The van der Waals surface area contributed by atoms with Gasteiger partial charge in [0, 0.05) is 24.3 Å². The van der Waals surface area contributed by atoms with Crippen molar-refractivity contribution < 1.29 is 9.50 Å². The number of hydrogen-bond donors (Lipinski definition) is 2. The molecular weight excluding hydrogens is 255 g/mol. The predicted octanol–water partition coefficient (Wildman–Crippen LogP) is 2.67. The number of nitrogens with one attached hydrogen (secondary N) is 1. The molecule has 0 radical (unpaired) electrons. The van der Waals surface area contributed by atoms with E-state index in [1.54, 1.807) is 6.07 Å². The number of benzene rings is 1. The van der Waals surface area contributed by atoms with Crippen molar-refractivity contribution in [2.45, 2.75) is 51.7 Å². The van der Waals surface area contributed by atoms with Gasteiger partial charge in [-0.3, -0.25) is 0 Å². The normalized spacial score (nSPS) is 19.6. The molecule has 1 aromatic rings. The molecule has 1 heterocycles. The van der Waals surface area contributed by atoms with E-state index in [0.717, 1.165) is 30.6 Å². The quantitative estimate of drug-likeness (QED) is 0.890. The summed E-state index contributed by atoms with van der Waals surface area (Å²) in [6.45, 7) is 8.00.